The van der Waals surface area contributed by atoms with E-state index in [1.807, 2.05) is 12.1 Å². The summed E-state index contributed by atoms with van der Waals surface area (Å²) in [5, 5.41) is 9.02. The van der Waals surface area contributed by atoms with Gasteiger partial charge in [-0.05, 0) is 37.3 Å². The summed E-state index contributed by atoms with van der Waals surface area (Å²) in [6.07, 6.45) is 2.90. The van der Waals surface area contributed by atoms with Crippen molar-refractivity contribution < 1.29 is 14.7 Å². The lowest BCUT2D eigenvalue weighted by molar-refractivity contribution is -0.148. The minimum absolute atomic E-state index is 0.0137. The number of hydrogen-bond donors (Lipinski definition) is 1. The van der Waals surface area contributed by atoms with Gasteiger partial charge in [-0.15, -0.1) is 0 Å². The number of hydrogen-bond acceptors (Lipinski definition) is 2. The standard InChI is InChI=1S/C16H19NO3/c1-10(15(19)20)17(2)14(18)13-9-16(13)8-7-11-5-3-4-6-12(11)16/h3-6,10,13H,7-9H2,1-2H3,(H,19,20). The lowest BCUT2D eigenvalue weighted by Crippen LogP contribution is -2.42. The Morgan fingerprint density at radius 1 is 1.40 bits per heavy atom. The van der Waals surface area contributed by atoms with E-state index in [1.165, 1.54) is 16.0 Å². The van der Waals surface area contributed by atoms with E-state index in [9.17, 15) is 9.59 Å². The van der Waals surface area contributed by atoms with Crippen LogP contribution in [0, 0.1) is 5.92 Å². The topological polar surface area (TPSA) is 57.6 Å². The summed E-state index contributed by atoms with van der Waals surface area (Å²) in [6, 6.07) is 7.55. The minimum Gasteiger partial charge on any atom is -0.480 e. The van der Waals surface area contributed by atoms with Crippen LogP contribution >= 0.6 is 0 Å². The average molecular weight is 273 g/mol. The second-order valence-electron chi connectivity index (χ2n) is 6.03. The molecular weight excluding hydrogens is 254 g/mol. The SMILES string of the molecule is CC(C(=O)O)N(C)C(=O)C1CC12CCc1ccccc12. The van der Waals surface area contributed by atoms with Crippen LogP contribution in [0.3, 0.4) is 0 Å². The van der Waals surface area contributed by atoms with Gasteiger partial charge in [0.05, 0.1) is 0 Å². The van der Waals surface area contributed by atoms with Crippen molar-refractivity contribution >= 4 is 11.9 Å². The predicted octanol–water partition coefficient (Wildman–Crippen LogP) is 1.82. The number of benzene rings is 1. The van der Waals surface area contributed by atoms with Gasteiger partial charge in [-0.2, -0.15) is 0 Å². The zero-order chi connectivity index (χ0) is 14.5. The molecule has 0 aromatic heterocycles. The molecule has 2 aliphatic rings. The van der Waals surface area contributed by atoms with Crippen molar-refractivity contribution in [3.05, 3.63) is 35.4 Å². The van der Waals surface area contributed by atoms with Crippen molar-refractivity contribution in [3.63, 3.8) is 0 Å². The van der Waals surface area contributed by atoms with Crippen molar-refractivity contribution in [3.8, 4) is 0 Å². The van der Waals surface area contributed by atoms with Crippen LogP contribution < -0.4 is 0 Å². The zero-order valence-corrected chi connectivity index (χ0v) is 11.8. The predicted molar refractivity (Wildman–Crippen MR) is 74.4 cm³/mol. The molecule has 4 heteroatoms. The Morgan fingerprint density at radius 2 is 2.10 bits per heavy atom. The summed E-state index contributed by atoms with van der Waals surface area (Å²) in [6.45, 7) is 1.55. The van der Waals surface area contributed by atoms with E-state index in [4.69, 9.17) is 5.11 Å². The maximum absolute atomic E-state index is 12.5. The first-order valence-corrected chi connectivity index (χ1v) is 7.05. The Morgan fingerprint density at radius 3 is 2.80 bits per heavy atom. The molecule has 1 aromatic rings. The molecule has 106 valence electrons. The number of likely N-dealkylation sites (N-methyl/N-ethyl adjacent to an activating group) is 1. The highest BCUT2D eigenvalue weighted by atomic mass is 16.4. The summed E-state index contributed by atoms with van der Waals surface area (Å²) in [5.74, 6) is -1.03. The third-order valence-electron chi connectivity index (χ3n) is 5.05. The molecule has 0 aliphatic heterocycles. The molecule has 3 unspecified atom stereocenters. The molecule has 1 amide bonds. The van der Waals surface area contributed by atoms with E-state index in [2.05, 4.69) is 12.1 Å². The van der Waals surface area contributed by atoms with Gasteiger partial charge in [0.1, 0.15) is 6.04 Å². The zero-order valence-electron chi connectivity index (χ0n) is 11.8. The van der Waals surface area contributed by atoms with Crippen molar-refractivity contribution in [1.29, 1.82) is 0 Å². The molecule has 3 rings (SSSR count). The van der Waals surface area contributed by atoms with Gasteiger partial charge in [-0.1, -0.05) is 24.3 Å². The van der Waals surface area contributed by atoms with Gasteiger partial charge < -0.3 is 10.0 Å². The molecular formula is C16H19NO3. The minimum atomic E-state index is -0.956. The molecule has 0 heterocycles. The third-order valence-corrected chi connectivity index (χ3v) is 5.05. The first-order valence-electron chi connectivity index (χ1n) is 7.05. The highest BCUT2D eigenvalue weighted by Gasteiger charge is 2.62. The molecule has 3 atom stereocenters. The van der Waals surface area contributed by atoms with Gasteiger partial charge in [-0.25, -0.2) is 4.79 Å². The molecule has 0 bridgehead atoms. The molecule has 20 heavy (non-hydrogen) atoms. The van der Waals surface area contributed by atoms with Crippen LogP contribution in [0.4, 0.5) is 0 Å². The molecule has 1 saturated carbocycles. The second-order valence-corrected chi connectivity index (χ2v) is 6.03. The second kappa shape index (κ2) is 4.33. The lowest BCUT2D eigenvalue weighted by Gasteiger charge is -2.23. The number of carbonyl (C=O) groups excluding carboxylic acids is 1. The number of aryl methyl sites for hydroxylation is 1. The Kier molecular flexibility index (Phi) is 2.85. The molecule has 2 aliphatic carbocycles. The molecule has 0 saturated heterocycles. The third kappa shape index (κ3) is 1.74. The monoisotopic (exact) mass is 273 g/mol. The number of aliphatic carboxylic acids is 1. The van der Waals surface area contributed by atoms with Gasteiger partial charge in [-0.3, -0.25) is 4.79 Å². The van der Waals surface area contributed by atoms with Gasteiger partial charge in [0, 0.05) is 18.4 Å². The maximum atomic E-state index is 12.5. The molecule has 0 radical (unpaired) electrons. The number of carboxylic acid groups (broad SMARTS) is 1. The highest BCUT2D eigenvalue weighted by molar-refractivity contribution is 5.88. The average Bonchev–Trinajstić information content (AvgIpc) is 3.06. The fourth-order valence-corrected chi connectivity index (χ4v) is 3.52. The van der Waals surface area contributed by atoms with Gasteiger partial charge in [0.2, 0.25) is 5.91 Å². The fraction of sp³-hybridized carbons (Fsp3) is 0.500. The number of fused-ring (bicyclic) bond motifs is 2. The van der Waals surface area contributed by atoms with Crippen LogP contribution in [-0.4, -0.2) is 35.0 Å². The number of carboxylic acids is 1. The molecule has 1 fully saturated rings. The van der Waals surface area contributed by atoms with E-state index in [-0.39, 0.29) is 17.2 Å². The van der Waals surface area contributed by atoms with Gasteiger partial charge in [0.25, 0.3) is 0 Å². The van der Waals surface area contributed by atoms with Crippen molar-refractivity contribution in [2.45, 2.75) is 37.6 Å². The number of amides is 1. The molecule has 1 N–H and O–H groups in total. The van der Waals surface area contributed by atoms with E-state index in [0.717, 1.165) is 19.3 Å². The first kappa shape index (κ1) is 13.2. The van der Waals surface area contributed by atoms with Crippen molar-refractivity contribution in [1.82, 2.24) is 4.90 Å². The molecule has 1 aromatic carbocycles. The maximum Gasteiger partial charge on any atom is 0.326 e. The van der Waals surface area contributed by atoms with Crippen LogP contribution in [0.1, 0.15) is 30.9 Å². The van der Waals surface area contributed by atoms with E-state index >= 15 is 0 Å². The fourth-order valence-electron chi connectivity index (χ4n) is 3.52. The Labute approximate surface area is 118 Å². The van der Waals surface area contributed by atoms with Crippen molar-refractivity contribution in [2.24, 2.45) is 5.92 Å². The summed E-state index contributed by atoms with van der Waals surface area (Å²) in [4.78, 5) is 24.9. The Balaban J connectivity index is 1.80. The lowest BCUT2D eigenvalue weighted by atomic mass is 9.95. The highest BCUT2D eigenvalue weighted by Crippen LogP contribution is 2.61. The quantitative estimate of drug-likeness (QED) is 0.914. The number of carbonyl (C=O) groups is 2. The van der Waals surface area contributed by atoms with Crippen LogP contribution in [0.5, 0.6) is 0 Å². The van der Waals surface area contributed by atoms with Gasteiger partial charge >= 0.3 is 5.97 Å². The summed E-state index contributed by atoms with van der Waals surface area (Å²) in [7, 11) is 1.59. The van der Waals surface area contributed by atoms with Gasteiger partial charge in [0.15, 0.2) is 0 Å². The van der Waals surface area contributed by atoms with Crippen LogP contribution in [0.25, 0.3) is 0 Å². The number of nitrogens with zero attached hydrogens (tertiary/aromatic N) is 1. The van der Waals surface area contributed by atoms with E-state index < -0.39 is 12.0 Å². The van der Waals surface area contributed by atoms with Crippen LogP contribution in [0.15, 0.2) is 24.3 Å². The Bertz CT molecular complexity index is 583. The smallest absolute Gasteiger partial charge is 0.326 e. The number of rotatable bonds is 3. The molecule has 1 spiro atoms. The molecule has 4 nitrogen and oxygen atoms in total. The van der Waals surface area contributed by atoms with Crippen LogP contribution in [0.2, 0.25) is 0 Å². The normalized spacial score (nSPS) is 28.0. The Hall–Kier alpha value is -1.84. The largest absolute Gasteiger partial charge is 0.480 e. The van der Waals surface area contributed by atoms with Crippen molar-refractivity contribution in [2.75, 3.05) is 7.05 Å². The summed E-state index contributed by atoms with van der Waals surface area (Å²) >= 11 is 0. The van der Waals surface area contributed by atoms with E-state index in [1.54, 1.807) is 14.0 Å². The summed E-state index contributed by atoms with van der Waals surface area (Å²) in [5.41, 5.74) is 2.63. The first-order chi connectivity index (χ1) is 9.47. The summed E-state index contributed by atoms with van der Waals surface area (Å²) < 4.78 is 0. The van der Waals surface area contributed by atoms with E-state index in [0.29, 0.717) is 0 Å². The van der Waals surface area contributed by atoms with Crippen LogP contribution in [-0.2, 0) is 21.4 Å².